The van der Waals surface area contributed by atoms with Gasteiger partial charge in [-0.2, -0.15) is 4.37 Å². The second kappa shape index (κ2) is 5.53. The van der Waals surface area contributed by atoms with Crippen LogP contribution in [0.15, 0.2) is 0 Å². The smallest absolute Gasteiger partial charge is 0.324 e. The summed E-state index contributed by atoms with van der Waals surface area (Å²) in [5.74, 6) is 0.0339. The second-order valence-corrected chi connectivity index (χ2v) is 5.93. The van der Waals surface area contributed by atoms with Crippen molar-refractivity contribution in [1.82, 2.24) is 19.6 Å². The van der Waals surface area contributed by atoms with Gasteiger partial charge >= 0.3 is 6.03 Å². The van der Waals surface area contributed by atoms with Gasteiger partial charge < -0.3 is 10.1 Å². The molecule has 0 spiro atoms. The highest BCUT2D eigenvalue weighted by atomic mass is 32.1. The molecule has 3 rings (SSSR count). The van der Waals surface area contributed by atoms with Gasteiger partial charge in [0.15, 0.2) is 6.61 Å². The SMILES string of the molecule is Cc1nc2snc(OCC(=O)N3CCNC3=O)c2c(C)c1C. The lowest BCUT2D eigenvalue weighted by atomic mass is 10.1. The number of rotatable bonds is 3. The van der Waals surface area contributed by atoms with Crippen molar-refractivity contribution in [3.05, 3.63) is 16.8 Å². The highest BCUT2D eigenvalue weighted by molar-refractivity contribution is 7.13. The van der Waals surface area contributed by atoms with E-state index in [1.165, 1.54) is 11.5 Å². The summed E-state index contributed by atoms with van der Waals surface area (Å²) in [5, 5.41) is 3.42. The number of ether oxygens (including phenoxy) is 1. The third-order valence-electron chi connectivity index (χ3n) is 3.88. The Labute approximate surface area is 131 Å². The average Bonchev–Trinajstić information content (AvgIpc) is 3.08. The fourth-order valence-corrected chi connectivity index (χ4v) is 3.20. The Kier molecular flexibility index (Phi) is 3.69. The number of nitrogens with zero attached hydrogens (tertiary/aromatic N) is 3. The van der Waals surface area contributed by atoms with E-state index < -0.39 is 0 Å². The number of nitrogens with one attached hydrogen (secondary N) is 1. The molecule has 0 bridgehead atoms. The van der Waals surface area contributed by atoms with E-state index in [1.54, 1.807) is 0 Å². The summed E-state index contributed by atoms with van der Waals surface area (Å²) in [4.78, 5) is 29.9. The number of aryl methyl sites for hydroxylation is 2. The van der Waals surface area contributed by atoms with Gasteiger partial charge in [-0.15, -0.1) is 0 Å². The van der Waals surface area contributed by atoms with Gasteiger partial charge in [-0.25, -0.2) is 9.78 Å². The molecular weight excluding hydrogens is 304 g/mol. The van der Waals surface area contributed by atoms with Gasteiger partial charge in [0.25, 0.3) is 5.91 Å². The lowest BCUT2D eigenvalue weighted by Gasteiger charge is -2.12. The number of aromatic nitrogens is 2. The number of amides is 3. The summed E-state index contributed by atoms with van der Waals surface area (Å²) < 4.78 is 9.79. The monoisotopic (exact) mass is 320 g/mol. The van der Waals surface area contributed by atoms with Crippen molar-refractivity contribution in [3.8, 4) is 5.88 Å². The van der Waals surface area contributed by atoms with Crippen molar-refractivity contribution in [1.29, 1.82) is 0 Å². The number of urea groups is 1. The van der Waals surface area contributed by atoms with Crippen molar-refractivity contribution < 1.29 is 14.3 Å². The molecule has 3 heterocycles. The maximum atomic E-state index is 12.0. The highest BCUT2D eigenvalue weighted by Crippen LogP contribution is 2.32. The summed E-state index contributed by atoms with van der Waals surface area (Å²) in [6.45, 7) is 6.58. The molecule has 1 aliphatic rings. The predicted molar refractivity (Wildman–Crippen MR) is 82.2 cm³/mol. The van der Waals surface area contributed by atoms with Crippen molar-refractivity contribution in [2.75, 3.05) is 19.7 Å². The Morgan fingerprint density at radius 3 is 2.82 bits per heavy atom. The molecule has 22 heavy (non-hydrogen) atoms. The Morgan fingerprint density at radius 2 is 2.14 bits per heavy atom. The van der Waals surface area contributed by atoms with Crippen LogP contribution < -0.4 is 10.1 Å². The van der Waals surface area contributed by atoms with Crippen LogP contribution in [0, 0.1) is 20.8 Å². The predicted octanol–water partition coefficient (Wildman–Crippen LogP) is 1.55. The van der Waals surface area contributed by atoms with Crippen LogP contribution in [-0.4, -0.2) is 45.9 Å². The van der Waals surface area contributed by atoms with E-state index in [1.807, 2.05) is 20.8 Å². The Bertz CT molecular complexity index is 771. The van der Waals surface area contributed by atoms with E-state index in [9.17, 15) is 9.59 Å². The number of fused-ring (bicyclic) bond motifs is 1. The molecule has 0 atom stereocenters. The molecule has 1 N–H and O–H groups in total. The first-order valence-corrected chi connectivity index (χ1v) is 7.70. The molecule has 0 unspecified atom stereocenters. The number of pyridine rings is 1. The molecule has 0 aromatic carbocycles. The molecule has 3 amide bonds. The summed E-state index contributed by atoms with van der Waals surface area (Å²) in [7, 11) is 0. The minimum absolute atomic E-state index is 0.210. The average molecular weight is 320 g/mol. The van der Waals surface area contributed by atoms with E-state index in [4.69, 9.17) is 4.74 Å². The van der Waals surface area contributed by atoms with Gasteiger partial charge in [-0.05, 0) is 43.4 Å². The molecule has 2 aromatic rings. The molecule has 1 aliphatic heterocycles. The van der Waals surface area contributed by atoms with Crippen molar-refractivity contribution in [2.45, 2.75) is 20.8 Å². The number of imide groups is 1. The first kappa shape index (κ1) is 14.7. The first-order chi connectivity index (χ1) is 10.5. The molecular formula is C14H16N4O3S. The van der Waals surface area contributed by atoms with Crippen LogP contribution in [0.5, 0.6) is 5.88 Å². The fraction of sp³-hybridized carbons (Fsp3) is 0.429. The van der Waals surface area contributed by atoms with E-state index in [0.717, 1.165) is 31.9 Å². The third-order valence-corrected chi connectivity index (χ3v) is 4.61. The lowest BCUT2D eigenvalue weighted by Crippen LogP contribution is -2.37. The molecule has 1 saturated heterocycles. The summed E-state index contributed by atoms with van der Waals surface area (Å²) >= 11 is 1.25. The molecule has 8 heteroatoms. The van der Waals surface area contributed by atoms with Crippen LogP contribution in [0.1, 0.15) is 16.8 Å². The molecule has 1 fully saturated rings. The molecule has 0 aliphatic carbocycles. The van der Waals surface area contributed by atoms with Crippen molar-refractivity contribution in [3.63, 3.8) is 0 Å². The van der Waals surface area contributed by atoms with E-state index in [2.05, 4.69) is 14.7 Å². The Balaban J connectivity index is 1.81. The number of hydrogen-bond donors (Lipinski definition) is 1. The van der Waals surface area contributed by atoms with Gasteiger partial charge in [0.1, 0.15) is 4.83 Å². The van der Waals surface area contributed by atoms with Crippen molar-refractivity contribution >= 4 is 33.7 Å². The topological polar surface area (TPSA) is 84.4 Å². The molecule has 7 nitrogen and oxygen atoms in total. The van der Waals surface area contributed by atoms with E-state index in [-0.39, 0.29) is 18.5 Å². The van der Waals surface area contributed by atoms with Crippen LogP contribution >= 0.6 is 11.5 Å². The zero-order valence-corrected chi connectivity index (χ0v) is 13.4. The normalized spacial score (nSPS) is 14.5. The Hall–Kier alpha value is -2.22. The highest BCUT2D eigenvalue weighted by Gasteiger charge is 2.27. The van der Waals surface area contributed by atoms with Gasteiger partial charge in [-0.3, -0.25) is 9.69 Å². The summed E-state index contributed by atoms with van der Waals surface area (Å²) in [6.07, 6.45) is 0. The maximum absolute atomic E-state index is 12.0. The summed E-state index contributed by atoms with van der Waals surface area (Å²) in [5.41, 5.74) is 3.10. The number of carbonyl (C=O) groups is 2. The van der Waals surface area contributed by atoms with Gasteiger partial charge in [0, 0.05) is 18.8 Å². The first-order valence-electron chi connectivity index (χ1n) is 6.93. The van der Waals surface area contributed by atoms with Crippen LogP contribution in [-0.2, 0) is 4.79 Å². The standard InChI is InChI=1S/C14H16N4O3S/c1-7-8(2)11-12(17-22-13(11)16-9(7)3)21-6-10(19)18-5-4-15-14(18)20/h4-6H2,1-3H3,(H,15,20). The third kappa shape index (κ3) is 2.39. The summed E-state index contributed by atoms with van der Waals surface area (Å²) in [6, 6.07) is -0.374. The van der Waals surface area contributed by atoms with Gasteiger partial charge in [0.2, 0.25) is 5.88 Å². The zero-order chi connectivity index (χ0) is 15.9. The zero-order valence-electron chi connectivity index (χ0n) is 12.6. The van der Waals surface area contributed by atoms with Crippen molar-refractivity contribution in [2.24, 2.45) is 0 Å². The Morgan fingerprint density at radius 1 is 1.36 bits per heavy atom. The van der Waals surface area contributed by atoms with E-state index >= 15 is 0 Å². The number of hydrogen-bond acceptors (Lipinski definition) is 6. The number of carbonyl (C=O) groups excluding carboxylic acids is 2. The van der Waals surface area contributed by atoms with E-state index in [0.29, 0.717) is 19.0 Å². The van der Waals surface area contributed by atoms with Crippen LogP contribution in [0.3, 0.4) is 0 Å². The molecule has 116 valence electrons. The van der Waals surface area contributed by atoms with Crippen LogP contribution in [0.4, 0.5) is 4.79 Å². The van der Waals surface area contributed by atoms with Crippen LogP contribution in [0.2, 0.25) is 0 Å². The van der Waals surface area contributed by atoms with Gasteiger partial charge in [-0.1, -0.05) is 0 Å². The quantitative estimate of drug-likeness (QED) is 0.927. The minimum atomic E-state index is -0.374. The second-order valence-electron chi connectivity index (χ2n) is 5.18. The largest absolute Gasteiger partial charge is 0.466 e. The van der Waals surface area contributed by atoms with Crippen LogP contribution in [0.25, 0.3) is 10.2 Å². The van der Waals surface area contributed by atoms with Gasteiger partial charge in [0.05, 0.1) is 5.39 Å². The molecule has 2 aromatic heterocycles. The lowest BCUT2D eigenvalue weighted by molar-refractivity contribution is -0.129. The molecule has 0 radical (unpaired) electrons. The molecule has 0 saturated carbocycles. The maximum Gasteiger partial charge on any atom is 0.324 e. The fourth-order valence-electron chi connectivity index (χ4n) is 2.38. The minimum Gasteiger partial charge on any atom is -0.466 e.